The molecule has 5 heteroatoms. The third kappa shape index (κ3) is 2.72. The Balaban J connectivity index is 1.75. The van der Waals surface area contributed by atoms with E-state index in [-0.39, 0.29) is 0 Å². The molecule has 0 fully saturated rings. The molecular weight excluding hydrogens is 254 g/mol. The summed E-state index contributed by atoms with van der Waals surface area (Å²) >= 11 is 0. The average molecular weight is 271 g/mol. The van der Waals surface area contributed by atoms with Crippen molar-refractivity contribution >= 4 is 11.0 Å². The number of nitrogens with one attached hydrogen (secondary N) is 1. The fraction of sp³-hybridized carbons (Fsp3) is 0.333. The number of rotatable bonds is 5. The lowest BCUT2D eigenvalue weighted by Crippen LogP contribution is -2.25. The molecule has 0 bridgehead atoms. The quantitative estimate of drug-likeness (QED) is 0.772. The minimum atomic E-state index is 0.431. The van der Waals surface area contributed by atoms with Gasteiger partial charge in [-0.25, -0.2) is 0 Å². The van der Waals surface area contributed by atoms with Crippen LogP contribution in [-0.2, 0) is 6.42 Å². The summed E-state index contributed by atoms with van der Waals surface area (Å²) in [5, 5.41) is 12.4. The number of benzene rings is 1. The van der Waals surface area contributed by atoms with Gasteiger partial charge in [-0.2, -0.15) is 0 Å². The molecule has 3 aromatic rings. The van der Waals surface area contributed by atoms with E-state index in [1.54, 1.807) is 0 Å². The van der Waals surface area contributed by atoms with E-state index in [2.05, 4.69) is 29.4 Å². The van der Waals surface area contributed by atoms with Gasteiger partial charge in [0.05, 0.1) is 0 Å². The van der Waals surface area contributed by atoms with E-state index in [9.17, 15) is 0 Å². The van der Waals surface area contributed by atoms with Crippen LogP contribution in [0.3, 0.4) is 0 Å². The van der Waals surface area contributed by atoms with E-state index in [0.29, 0.717) is 30.0 Å². The number of furan rings is 1. The van der Waals surface area contributed by atoms with E-state index in [0.717, 1.165) is 17.5 Å². The van der Waals surface area contributed by atoms with Gasteiger partial charge in [0, 0.05) is 24.4 Å². The first-order valence-corrected chi connectivity index (χ1v) is 6.77. The van der Waals surface area contributed by atoms with Crippen LogP contribution in [0.4, 0.5) is 0 Å². The van der Waals surface area contributed by atoms with Gasteiger partial charge >= 0.3 is 0 Å². The minimum Gasteiger partial charge on any atom is -0.451 e. The normalized spacial score (nSPS) is 11.6. The van der Waals surface area contributed by atoms with Gasteiger partial charge in [-0.1, -0.05) is 32.0 Å². The highest BCUT2D eigenvalue weighted by Gasteiger charge is 2.13. The zero-order chi connectivity index (χ0) is 13.9. The van der Waals surface area contributed by atoms with Crippen LogP contribution in [0.25, 0.3) is 22.6 Å². The Kier molecular flexibility index (Phi) is 3.52. The molecular formula is C15H17N3O2. The maximum absolute atomic E-state index is 5.70. The van der Waals surface area contributed by atoms with Gasteiger partial charge in [0.2, 0.25) is 5.89 Å². The Morgan fingerprint density at radius 2 is 2.00 bits per heavy atom. The fourth-order valence-corrected chi connectivity index (χ4v) is 2.01. The van der Waals surface area contributed by atoms with Crippen molar-refractivity contribution in [3.05, 3.63) is 36.2 Å². The molecule has 0 saturated carbocycles. The van der Waals surface area contributed by atoms with E-state index < -0.39 is 0 Å². The molecule has 1 N–H and O–H groups in total. The van der Waals surface area contributed by atoms with Crippen LogP contribution >= 0.6 is 0 Å². The van der Waals surface area contributed by atoms with Gasteiger partial charge in [0.1, 0.15) is 5.58 Å². The molecule has 0 atom stereocenters. The largest absolute Gasteiger partial charge is 0.451 e. The van der Waals surface area contributed by atoms with E-state index in [1.807, 2.05) is 30.3 Å². The smallest absolute Gasteiger partial charge is 0.283 e. The second-order valence-corrected chi connectivity index (χ2v) is 5.01. The molecule has 5 nitrogen and oxygen atoms in total. The number of hydrogen-bond acceptors (Lipinski definition) is 5. The highest BCUT2D eigenvalue weighted by Crippen LogP contribution is 2.26. The summed E-state index contributed by atoms with van der Waals surface area (Å²) in [6.45, 7) is 5.03. The zero-order valence-corrected chi connectivity index (χ0v) is 11.6. The molecule has 0 unspecified atom stereocenters. The summed E-state index contributed by atoms with van der Waals surface area (Å²) in [6, 6.07) is 10.2. The Labute approximate surface area is 117 Å². The second kappa shape index (κ2) is 5.46. The summed E-state index contributed by atoms with van der Waals surface area (Å²) in [6.07, 6.45) is 0.714. The number of fused-ring (bicyclic) bond motifs is 1. The first-order valence-electron chi connectivity index (χ1n) is 6.77. The molecule has 0 saturated heterocycles. The number of hydrogen-bond donors (Lipinski definition) is 1. The maximum Gasteiger partial charge on any atom is 0.283 e. The molecule has 0 aliphatic carbocycles. The zero-order valence-electron chi connectivity index (χ0n) is 11.6. The van der Waals surface area contributed by atoms with Crippen LogP contribution in [0.2, 0.25) is 0 Å². The lowest BCUT2D eigenvalue weighted by Gasteiger charge is -2.04. The molecule has 0 radical (unpaired) electrons. The van der Waals surface area contributed by atoms with Gasteiger partial charge in [0.15, 0.2) is 5.76 Å². The molecule has 1 aromatic carbocycles. The van der Waals surface area contributed by atoms with Crippen molar-refractivity contribution in [1.29, 1.82) is 0 Å². The van der Waals surface area contributed by atoms with Gasteiger partial charge in [-0.15, -0.1) is 10.2 Å². The summed E-state index contributed by atoms with van der Waals surface area (Å²) in [5.74, 6) is 1.66. The topological polar surface area (TPSA) is 64.1 Å². The predicted octanol–water partition coefficient (Wildman–Crippen LogP) is 3.02. The summed E-state index contributed by atoms with van der Waals surface area (Å²) in [5.41, 5.74) is 0.823. The molecule has 2 aromatic heterocycles. The SMILES string of the molecule is CC(C)NCCc1nnc(-c2cc3ccccc3o2)o1. The molecule has 2 heterocycles. The Morgan fingerprint density at radius 3 is 2.80 bits per heavy atom. The van der Waals surface area contributed by atoms with Crippen LogP contribution in [0, 0.1) is 0 Å². The van der Waals surface area contributed by atoms with E-state index in [4.69, 9.17) is 8.83 Å². The number of nitrogens with zero attached hydrogens (tertiary/aromatic N) is 2. The third-order valence-corrected chi connectivity index (χ3v) is 2.99. The molecule has 3 rings (SSSR count). The summed E-state index contributed by atoms with van der Waals surface area (Å²) < 4.78 is 11.3. The second-order valence-electron chi connectivity index (χ2n) is 5.01. The van der Waals surface area contributed by atoms with Crippen molar-refractivity contribution < 1.29 is 8.83 Å². The lowest BCUT2D eigenvalue weighted by atomic mass is 10.2. The lowest BCUT2D eigenvalue weighted by molar-refractivity contribution is 0.471. The van der Waals surface area contributed by atoms with E-state index >= 15 is 0 Å². The average Bonchev–Trinajstić information content (AvgIpc) is 3.03. The van der Waals surface area contributed by atoms with Gasteiger partial charge < -0.3 is 14.2 Å². The first-order chi connectivity index (χ1) is 9.72. The predicted molar refractivity (Wildman–Crippen MR) is 76.3 cm³/mol. The van der Waals surface area contributed by atoms with Crippen LogP contribution in [-0.4, -0.2) is 22.8 Å². The molecule has 0 aliphatic rings. The molecule has 104 valence electrons. The third-order valence-electron chi connectivity index (χ3n) is 2.99. The van der Waals surface area contributed by atoms with Gasteiger partial charge in [-0.3, -0.25) is 0 Å². The number of para-hydroxylation sites is 1. The monoisotopic (exact) mass is 271 g/mol. The standard InChI is InChI=1S/C15H17N3O2/c1-10(2)16-8-7-14-17-18-15(20-14)13-9-11-5-3-4-6-12(11)19-13/h3-6,9-10,16H,7-8H2,1-2H3. The van der Waals surface area contributed by atoms with Crippen molar-refractivity contribution in [2.45, 2.75) is 26.3 Å². The van der Waals surface area contributed by atoms with Crippen molar-refractivity contribution in [3.63, 3.8) is 0 Å². The van der Waals surface area contributed by atoms with Crippen LogP contribution in [0.1, 0.15) is 19.7 Å². The highest BCUT2D eigenvalue weighted by atomic mass is 16.4. The van der Waals surface area contributed by atoms with Crippen LogP contribution in [0.15, 0.2) is 39.2 Å². The number of aromatic nitrogens is 2. The first kappa shape index (κ1) is 12.9. The Morgan fingerprint density at radius 1 is 1.15 bits per heavy atom. The van der Waals surface area contributed by atoms with Crippen molar-refractivity contribution in [2.75, 3.05) is 6.54 Å². The molecule has 20 heavy (non-hydrogen) atoms. The van der Waals surface area contributed by atoms with E-state index in [1.165, 1.54) is 0 Å². The molecule has 0 spiro atoms. The van der Waals surface area contributed by atoms with Gasteiger partial charge in [0.25, 0.3) is 5.89 Å². The summed E-state index contributed by atoms with van der Waals surface area (Å²) in [4.78, 5) is 0. The van der Waals surface area contributed by atoms with Gasteiger partial charge in [-0.05, 0) is 12.1 Å². The molecule has 0 aliphatic heterocycles. The molecule has 0 amide bonds. The van der Waals surface area contributed by atoms with Crippen LogP contribution in [0.5, 0.6) is 0 Å². The van der Waals surface area contributed by atoms with Crippen molar-refractivity contribution in [3.8, 4) is 11.7 Å². The van der Waals surface area contributed by atoms with Crippen LogP contribution < -0.4 is 5.32 Å². The van der Waals surface area contributed by atoms with Crippen molar-refractivity contribution in [1.82, 2.24) is 15.5 Å². The van der Waals surface area contributed by atoms with Crippen molar-refractivity contribution in [2.24, 2.45) is 0 Å². The Bertz CT molecular complexity index is 667. The fourth-order valence-electron chi connectivity index (χ4n) is 2.01. The highest BCUT2D eigenvalue weighted by molar-refractivity contribution is 5.81. The maximum atomic E-state index is 5.70. The minimum absolute atomic E-state index is 0.431. The Hall–Kier alpha value is -2.14. The summed E-state index contributed by atoms with van der Waals surface area (Å²) in [7, 11) is 0.